The Labute approximate surface area is 65.5 Å². The Balaban J connectivity index is -0.0000000886. The van der Waals surface area contributed by atoms with Crippen LogP contribution in [0, 0.1) is 0 Å². The molecule has 0 fully saturated rings. The van der Waals surface area contributed by atoms with E-state index in [0.717, 1.165) is 6.29 Å². The van der Waals surface area contributed by atoms with Gasteiger partial charge in [-0.15, -0.1) is 0 Å². The van der Waals surface area contributed by atoms with Crippen LogP contribution in [0.2, 0.25) is 0 Å². The van der Waals surface area contributed by atoms with Crippen LogP contribution in [0.3, 0.4) is 0 Å². The zero-order valence-electron chi connectivity index (χ0n) is 6.40. The molecule has 0 rings (SSSR count). The van der Waals surface area contributed by atoms with Crippen molar-refractivity contribution in [3.8, 4) is 0 Å². The van der Waals surface area contributed by atoms with Gasteiger partial charge in [-0.2, -0.15) is 0 Å². The first-order valence-electron chi connectivity index (χ1n) is 2.82. The van der Waals surface area contributed by atoms with Crippen molar-refractivity contribution in [2.45, 2.75) is 13.3 Å². The van der Waals surface area contributed by atoms with Gasteiger partial charge < -0.3 is 9.90 Å². The predicted octanol–water partition coefficient (Wildman–Crippen LogP) is 0.667. The minimum Gasteiger partial charge on any atom is -0.483 e. The lowest BCUT2D eigenvalue weighted by Gasteiger charge is -1.51. The molecule has 64 valence electrons. The van der Waals surface area contributed by atoms with E-state index < -0.39 is 0 Å². The van der Waals surface area contributed by atoms with Crippen molar-refractivity contribution in [2.24, 2.45) is 0 Å². The third kappa shape index (κ3) is 1210. The largest absolute Gasteiger partial charge is 0.483 e. The molecule has 0 radical (unpaired) electrons. The zero-order chi connectivity index (χ0) is 9.54. The first-order valence-corrected chi connectivity index (χ1v) is 2.82. The molecule has 0 bridgehead atoms. The van der Waals surface area contributed by atoms with Crippen LogP contribution in [-0.2, 0) is 14.4 Å². The van der Waals surface area contributed by atoms with E-state index in [1.807, 2.05) is 6.92 Å². The highest BCUT2D eigenvalue weighted by atomic mass is 16.3. The van der Waals surface area contributed by atoms with Crippen molar-refractivity contribution < 1.29 is 19.5 Å². The number of hydrogen-bond acceptors (Lipinski definition) is 3. The molecule has 0 aliphatic carbocycles. The Kier molecular flexibility index (Phi) is 57.2. The molecule has 4 heteroatoms. The van der Waals surface area contributed by atoms with Gasteiger partial charge in [-0.05, 0) is 6.08 Å². The van der Waals surface area contributed by atoms with Gasteiger partial charge in [0.25, 0.3) is 6.47 Å². The third-order valence-electron chi connectivity index (χ3n) is 0.263. The van der Waals surface area contributed by atoms with E-state index in [1.165, 1.54) is 6.08 Å². The SMILES string of the molecule is C=CC=O.CCC=O.O=CO. The summed E-state index contributed by atoms with van der Waals surface area (Å²) >= 11 is 0. The van der Waals surface area contributed by atoms with E-state index in [-0.39, 0.29) is 6.47 Å². The Morgan fingerprint density at radius 2 is 1.55 bits per heavy atom. The van der Waals surface area contributed by atoms with Crippen molar-refractivity contribution in [1.82, 2.24) is 0 Å². The van der Waals surface area contributed by atoms with E-state index >= 15 is 0 Å². The van der Waals surface area contributed by atoms with Crippen molar-refractivity contribution in [3.05, 3.63) is 12.7 Å². The summed E-state index contributed by atoms with van der Waals surface area (Å²) in [6, 6.07) is 0. The van der Waals surface area contributed by atoms with Gasteiger partial charge in [-0.3, -0.25) is 9.59 Å². The summed E-state index contributed by atoms with van der Waals surface area (Å²) in [5.41, 5.74) is 0. The minimum atomic E-state index is -0.250. The highest BCUT2D eigenvalue weighted by molar-refractivity contribution is 5.63. The van der Waals surface area contributed by atoms with Crippen molar-refractivity contribution in [3.63, 3.8) is 0 Å². The summed E-state index contributed by atoms with van der Waals surface area (Å²) in [4.78, 5) is 26.6. The summed E-state index contributed by atoms with van der Waals surface area (Å²) in [7, 11) is 0. The highest BCUT2D eigenvalue weighted by Crippen LogP contribution is 1.53. The normalized spacial score (nSPS) is 5.18. The molecule has 0 aromatic carbocycles. The average Bonchev–Trinajstić information content (AvgIpc) is 2.06. The van der Waals surface area contributed by atoms with Crippen LogP contribution in [0.25, 0.3) is 0 Å². The number of carbonyl (C=O) groups excluding carboxylic acids is 2. The summed E-state index contributed by atoms with van der Waals surface area (Å²) in [6.45, 7) is 4.67. The van der Waals surface area contributed by atoms with Gasteiger partial charge in [0.1, 0.15) is 12.6 Å². The van der Waals surface area contributed by atoms with Gasteiger partial charge in [0.05, 0.1) is 0 Å². The number of hydrogen-bond donors (Lipinski definition) is 1. The maximum Gasteiger partial charge on any atom is 0.290 e. The Morgan fingerprint density at radius 1 is 1.36 bits per heavy atom. The van der Waals surface area contributed by atoms with Crippen LogP contribution in [0.15, 0.2) is 12.7 Å². The van der Waals surface area contributed by atoms with Crippen molar-refractivity contribution in [1.29, 1.82) is 0 Å². The first-order chi connectivity index (χ1) is 5.24. The van der Waals surface area contributed by atoms with Gasteiger partial charge in [-0.1, -0.05) is 13.5 Å². The maximum absolute atomic E-state index is 9.17. The van der Waals surface area contributed by atoms with Crippen LogP contribution in [0.5, 0.6) is 0 Å². The van der Waals surface area contributed by atoms with E-state index in [9.17, 15) is 4.79 Å². The Hall–Kier alpha value is -1.45. The fourth-order valence-electron chi connectivity index (χ4n) is 0. The molecule has 0 saturated heterocycles. The second-order valence-electron chi connectivity index (χ2n) is 1.05. The van der Waals surface area contributed by atoms with Crippen LogP contribution >= 0.6 is 0 Å². The van der Waals surface area contributed by atoms with Crippen LogP contribution in [0.4, 0.5) is 0 Å². The van der Waals surface area contributed by atoms with Crippen molar-refractivity contribution >= 4 is 19.0 Å². The summed E-state index contributed by atoms with van der Waals surface area (Å²) in [5.74, 6) is 0. The third-order valence-corrected chi connectivity index (χ3v) is 0.263. The monoisotopic (exact) mass is 160 g/mol. The van der Waals surface area contributed by atoms with Crippen LogP contribution < -0.4 is 0 Å². The van der Waals surface area contributed by atoms with E-state index in [1.54, 1.807) is 0 Å². The number of allylic oxidation sites excluding steroid dienone is 1. The number of aldehydes is 2. The summed E-state index contributed by atoms with van der Waals surface area (Å²) < 4.78 is 0. The van der Waals surface area contributed by atoms with E-state index in [0.29, 0.717) is 12.7 Å². The molecule has 11 heavy (non-hydrogen) atoms. The smallest absolute Gasteiger partial charge is 0.290 e. The summed E-state index contributed by atoms with van der Waals surface area (Å²) in [5, 5.41) is 6.89. The van der Waals surface area contributed by atoms with Crippen molar-refractivity contribution in [2.75, 3.05) is 0 Å². The highest BCUT2D eigenvalue weighted by Gasteiger charge is 1.52. The molecule has 0 aromatic rings. The molecular formula is C7H12O4. The van der Waals surface area contributed by atoms with Gasteiger partial charge in [0, 0.05) is 6.42 Å². The van der Waals surface area contributed by atoms with Gasteiger partial charge in [0.2, 0.25) is 0 Å². The van der Waals surface area contributed by atoms with Gasteiger partial charge >= 0.3 is 0 Å². The van der Waals surface area contributed by atoms with Gasteiger partial charge in [0.15, 0.2) is 0 Å². The van der Waals surface area contributed by atoms with Crippen LogP contribution in [0.1, 0.15) is 13.3 Å². The molecule has 0 aliphatic heterocycles. The Morgan fingerprint density at radius 3 is 1.55 bits per heavy atom. The second kappa shape index (κ2) is 38.7. The maximum atomic E-state index is 9.17. The lowest BCUT2D eigenvalue weighted by molar-refractivity contribution is -0.122. The lowest BCUT2D eigenvalue weighted by atomic mass is 10.6. The molecule has 0 atom stereocenters. The van der Waals surface area contributed by atoms with Gasteiger partial charge in [-0.25, -0.2) is 0 Å². The molecule has 0 unspecified atom stereocenters. The fourth-order valence-corrected chi connectivity index (χ4v) is 0. The molecule has 0 saturated carbocycles. The molecule has 0 aromatic heterocycles. The number of carbonyl (C=O) groups is 3. The minimum absolute atomic E-state index is 0.250. The van der Waals surface area contributed by atoms with E-state index in [4.69, 9.17) is 14.7 Å². The molecule has 0 amide bonds. The molecule has 0 spiro atoms. The first kappa shape index (κ1) is 16.3. The lowest BCUT2D eigenvalue weighted by Crippen LogP contribution is -1.55. The second-order valence-corrected chi connectivity index (χ2v) is 1.05. The fraction of sp³-hybridized carbons (Fsp3) is 0.286. The standard InChI is InChI=1S/C3H6O.C3H4O.CH2O2/c2*1-2-3-4;2-1-3/h3H,2H2,1H3;2-3H,1H2;1H,(H,2,3). The Bertz CT molecular complexity index is 92.6. The molecular weight excluding hydrogens is 148 g/mol. The summed E-state index contributed by atoms with van der Waals surface area (Å²) in [6.07, 6.45) is 3.35. The number of carboxylic acid groups (broad SMARTS) is 1. The zero-order valence-corrected chi connectivity index (χ0v) is 6.40. The molecule has 0 heterocycles. The molecule has 1 N–H and O–H groups in total. The average molecular weight is 160 g/mol. The van der Waals surface area contributed by atoms with Crippen LogP contribution in [-0.4, -0.2) is 24.2 Å². The quantitative estimate of drug-likeness (QED) is 0.476. The van der Waals surface area contributed by atoms with E-state index in [2.05, 4.69) is 6.58 Å². The topological polar surface area (TPSA) is 71.4 Å². The predicted molar refractivity (Wildman–Crippen MR) is 41.3 cm³/mol. The molecule has 4 nitrogen and oxygen atoms in total. The molecule has 0 aliphatic rings. The number of rotatable bonds is 2.